The van der Waals surface area contributed by atoms with Gasteiger partial charge in [-0.3, -0.25) is 4.79 Å². The number of furan rings is 1. The number of ether oxygens (including phenoxy) is 2. The first kappa shape index (κ1) is 18.0. The molecule has 1 amide bonds. The molecule has 0 spiro atoms. The molecule has 2 aromatic carbocycles. The van der Waals surface area contributed by atoms with Crippen LogP contribution >= 0.6 is 0 Å². The summed E-state index contributed by atoms with van der Waals surface area (Å²) in [6.07, 6.45) is 4.15. The van der Waals surface area contributed by atoms with Gasteiger partial charge in [0.1, 0.15) is 17.3 Å². The third-order valence-corrected chi connectivity index (χ3v) is 3.39. The highest BCUT2D eigenvalue weighted by Gasteiger charge is 2.06. The fraction of sp³-hybridized carbons (Fsp3) is 0.0476. The summed E-state index contributed by atoms with van der Waals surface area (Å²) in [4.78, 5) is 23.4. The number of rotatable bonds is 7. The van der Waals surface area contributed by atoms with Crippen molar-refractivity contribution in [2.24, 2.45) is 0 Å². The van der Waals surface area contributed by atoms with Crippen LogP contribution < -0.4 is 10.1 Å². The van der Waals surface area contributed by atoms with Gasteiger partial charge in [-0.1, -0.05) is 18.2 Å². The predicted octanol–water partition coefficient (Wildman–Crippen LogP) is 4.27. The Morgan fingerprint density at radius 2 is 1.67 bits per heavy atom. The van der Waals surface area contributed by atoms with Crippen molar-refractivity contribution in [3.63, 3.8) is 0 Å². The third-order valence-electron chi connectivity index (χ3n) is 3.39. The van der Waals surface area contributed by atoms with Gasteiger partial charge in [0.25, 0.3) is 5.91 Å². The third kappa shape index (κ3) is 5.89. The molecular formula is C21H17NO5. The number of esters is 1. The topological polar surface area (TPSA) is 77.8 Å². The molecule has 3 rings (SSSR count). The molecule has 0 aliphatic rings. The normalized spacial score (nSPS) is 10.5. The first-order chi connectivity index (χ1) is 13.2. The van der Waals surface area contributed by atoms with E-state index in [9.17, 15) is 9.59 Å². The van der Waals surface area contributed by atoms with Gasteiger partial charge in [0.15, 0.2) is 6.61 Å². The number of hydrogen-bond donors (Lipinski definition) is 1. The Bertz CT molecular complexity index is 900. The molecule has 0 radical (unpaired) electrons. The number of anilines is 1. The fourth-order valence-electron chi connectivity index (χ4n) is 2.15. The van der Waals surface area contributed by atoms with E-state index < -0.39 is 11.9 Å². The lowest BCUT2D eigenvalue weighted by Crippen LogP contribution is -2.20. The van der Waals surface area contributed by atoms with E-state index >= 15 is 0 Å². The number of amides is 1. The van der Waals surface area contributed by atoms with Gasteiger partial charge in [0.2, 0.25) is 0 Å². The van der Waals surface area contributed by atoms with Crippen molar-refractivity contribution >= 4 is 23.6 Å². The second-order valence-corrected chi connectivity index (χ2v) is 5.44. The van der Waals surface area contributed by atoms with E-state index in [1.807, 2.05) is 30.3 Å². The molecule has 1 heterocycles. The maximum Gasteiger partial charge on any atom is 0.331 e. The summed E-state index contributed by atoms with van der Waals surface area (Å²) in [5.41, 5.74) is 0.572. The van der Waals surface area contributed by atoms with Crippen LogP contribution in [0.3, 0.4) is 0 Å². The quantitative estimate of drug-likeness (QED) is 0.501. The van der Waals surface area contributed by atoms with Gasteiger partial charge in [0, 0.05) is 11.8 Å². The van der Waals surface area contributed by atoms with Crippen LogP contribution in [0.5, 0.6) is 11.5 Å². The van der Waals surface area contributed by atoms with Crippen LogP contribution in [0, 0.1) is 0 Å². The number of nitrogens with one attached hydrogen (secondary N) is 1. The van der Waals surface area contributed by atoms with Gasteiger partial charge in [-0.05, 0) is 54.6 Å². The Labute approximate surface area is 156 Å². The van der Waals surface area contributed by atoms with Crippen molar-refractivity contribution in [3.05, 3.63) is 84.8 Å². The summed E-state index contributed by atoms with van der Waals surface area (Å²) < 4.78 is 15.6. The number of para-hydroxylation sites is 1. The van der Waals surface area contributed by atoms with Gasteiger partial charge in [-0.25, -0.2) is 4.79 Å². The molecule has 1 N–H and O–H groups in total. The van der Waals surface area contributed by atoms with Crippen LogP contribution in [0.25, 0.3) is 6.08 Å². The van der Waals surface area contributed by atoms with Gasteiger partial charge in [0.05, 0.1) is 6.26 Å². The van der Waals surface area contributed by atoms with E-state index in [0.717, 1.165) is 5.75 Å². The van der Waals surface area contributed by atoms with E-state index in [1.54, 1.807) is 36.4 Å². The highest BCUT2D eigenvalue weighted by Crippen LogP contribution is 2.22. The maximum absolute atomic E-state index is 11.9. The second kappa shape index (κ2) is 9.05. The van der Waals surface area contributed by atoms with Crippen LogP contribution in [0.1, 0.15) is 5.76 Å². The average Bonchev–Trinajstić information content (AvgIpc) is 3.21. The predicted molar refractivity (Wildman–Crippen MR) is 100 cm³/mol. The van der Waals surface area contributed by atoms with Gasteiger partial charge >= 0.3 is 5.97 Å². The number of benzene rings is 2. The van der Waals surface area contributed by atoms with E-state index in [0.29, 0.717) is 17.2 Å². The minimum absolute atomic E-state index is 0.385. The Morgan fingerprint density at radius 1 is 0.926 bits per heavy atom. The fourth-order valence-corrected chi connectivity index (χ4v) is 2.15. The van der Waals surface area contributed by atoms with Crippen LogP contribution in [0.4, 0.5) is 5.69 Å². The molecule has 6 heteroatoms. The maximum atomic E-state index is 11.9. The largest absolute Gasteiger partial charge is 0.465 e. The Balaban J connectivity index is 1.44. The monoisotopic (exact) mass is 363 g/mol. The molecule has 0 bridgehead atoms. The minimum Gasteiger partial charge on any atom is -0.465 e. The zero-order valence-corrected chi connectivity index (χ0v) is 14.3. The lowest BCUT2D eigenvalue weighted by molar-refractivity contribution is -0.142. The van der Waals surface area contributed by atoms with Crippen molar-refractivity contribution < 1.29 is 23.5 Å². The molecule has 0 aliphatic heterocycles. The van der Waals surface area contributed by atoms with Crippen LogP contribution in [0.2, 0.25) is 0 Å². The van der Waals surface area contributed by atoms with Crippen LogP contribution in [-0.2, 0) is 14.3 Å². The summed E-state index contributed by atoms with van der Waals surface area (Å²) in [5, 5.41) is 2.64. The second-order valence-electron chi connectivity index (χ2n) is 5.44. The molecule has 1 aromatic heterocycles. The molecule has 0 fully saturated rings. The Hall–Kier alpha value is -3.80. The SMILES string of the molecule is O=C(COC(=O)/C=C/c1ccco1)Nc1ccc(Oc2ccccc2)cc1. The van der Waals surface area contributed by atoms with Crippen LogP contribution in [0.15, 0.2) is 83.5 Å². The highest BCUT2D eigenvalue weighted by atomic mass is 16.5. The summed E-state index contributed by atoms with van der Waals surface area (Å²) >= 11 is 0. The molecule has 0 saturated carbocycles. The van der Waals surface area contributed by atoms with Crippen molar-refractivity contribution in [1.82, 2.24) is 0 Å². The lowest BCUT2D eigenvalue weighted by Gasteiger charge is -2.08. The molecule has 27 heavy (non-hydrogen) atoms. The highest BCUT2D eigenvalue weighted by molar-refractivity contribution is 5.94. The molecule has 3 aromatic rings. The molecule has 0 unspecified atom stereocenters. The number of carbonyl (C=O) groups is 2. The Morgan fingerprint density at radius 3 is 2.37 bits per heavy atom. The molecule has 0 atom stereocenters. The summed E-state index contributed by atoms with van der Waals surface area (Å²) in [7, 11) is 0. The zero-order chi connectivity index (χ0) is 18.9. The van der Waals surface area contributed by atoms with Crippen molar-refractivity contribution in [3.8, 4) is 11.5 Å². The average molecular weight is 363 g/mol. The van der Waals surface area contributed by atoms with E-state index in [-0.39, 0.29) is 6.61 Å². The lowest BCUT2D eigenvalue weighted by atomic mass is 10.3. The zero-order valence-electron chi connectivity index (χ0n) is 14.3. The van der Waals surface area contributed by atoms with E-state index in [2.05, 4.69) is 5.32 Å². The molecule has 0 saturated heterocycles. The summed E-state index contributed by atoms with van der Waals surface area (Å²) in [5.74, 6) is 0.825. The summed E-state index contributed by atoms with van der Waals surface area (Å²) in [6.45, 7) is -0.385. The van der Waals surface area contributed by atoms with Crippen molar-refractivity contribution in [2.45, 2.75) is 0 Å². The van der Waals surface area contributed by atoms with Crippen molar-refractivity contribution in [2.75, 3.05) is 11.9 Å². The molecule has 136 valence electrons. The standard InChI is InChI=1S/C21H17NO5/c23-20(15-26-21(24)13-12-17-7-4-14-25-17)22-16-8-10-19(11-9-16)27-18-5-2-1-3-6-18/h1-14H,15H2,(H,22,23)/b13-12+. The number of hydrogen-bond acceptors (Lipinski definition) is 5. The number of carbonyl (C=O) groups excluding carboxylic acids is 2. The van der Waals surface area contributed by atoms with Gasteiger partial charge in [-0.2, -0.15) is 0 Å². The first-order valence-corrected chi connectivity index (χ1v) is 8.20. The van der Waals surface area contributed by atoms with Gasteiger partial charge in [-0.15, -0.1) is 0 Å². The molecule has 6 nitrogen and oxygen atoms in total. The molecule has 0 aliphatic carbocycles. The van der Waals surface area contributed by atoms with Crippen molar-refractivity contribution in [1.29, 1.82) is 0 Å². The smallest absolute Gasteiger partial charge is 0.331 e. The Kier molecular flexibility index (Phi) is 6.04. The summed E-state index contributed by atoms with van der Waals surface area (Å²) in [6, 6.07) is 19.7. The molecular weight excluding hydrogens is 346 g/mol. The van der Waals surface area contributed by atoms with E-state index in [4.69, 9.17) is 13.9 Å². The van der Waals surface area contributed by atoms with Crippen LogP contribution in [-0.4, -0.2) is 18.5 Å². The first-order valence-electron chi connectivity index (χ1n) is 8.20. The van der Waals surface area contributed by atoms with E-state index in [1.165, 1.54) is 18.4 Å². The van der Waals surface area contributed by atoms with Gasteiger partial charge < -0.3 is 19.2 Å². The minimum atomic E-state index is -0.631.